The van der Waals surface area contributed by atoms with Gasteiger partial charge in [0.2, 0.25) is 0 Å². The monoisotopic (exact) mass is 334 g/mol. The first-order chi connectivity index (χ1) is 10.6. The molecule has 2 N–H and O–H groups in total. The third kappa shape index (κ3) is 3.37. The molecule has 114 valence electrons. The summed E-state index contributed by atoms with van der Waals surface area (Å²) >= 11 is 11.9. The molecule has 1 aliphatic rings. The van der Waals surface area contributed by atoms with Crippen molar-refractivity contribution in [3.05, 3.63) is 64.1 Å². The van der Waals surface area contributed by atoms with Gasteiger partial charge in [-0.1, -0.05) is 53.5 Å². The van der Waals surface area contributed by atoms with Gasteiger partial charge in [-0.15, -0.1) is 0 Å². The van der Waals surface area contributed by atoms with Crippen LogP contribution in [0.4, 0.5) is 10.5 Å². The number of hydrogen-bond donors (Lipinski definition) is 2. The van der Waals surface area contributed by atoms with Gasteiger partial charge in [0.05, 0.1) is 10.7 Å². The molecule has 1 fully saturated rings. The molecule has 3 nitrogen and oxygen atoms in total. The Morgan fingerprint density at radius 3 is 2.45 bits per heavy atom. The molecule has 1 aliphatic carbocycles. The van der Waals surface area contributed by atoms with Crippen LogP contribution in [0.3, 0.4) is 0 Å². The molecular formula is C17H16Cl2N2O. The highest BCUT2D eigenvalue weighted by Crippen LogP contribution is 2.47. The van der Waals surface area contributed by atoms with E-state index in [-0.39, 0.29) is 11.4 Å². The summed E-state index contributed by atoms with van der Waals surface area (Å²) in [7, 11) is 0. The zero-order valence-electron chi connectivity index (χ0n) is 11.9. The number of benzene rings is 2. The van der Waals surface area contributed by atoms with Gasteiger partial charge in [-0.05, 0) is 36.6 Å². The lowest BCUT2D eigenvalue weighted by Gasteiger charge is -2.17. The van der Waals surface area contributed by atoms with E-state index in [1.807, 2.05) is 18.2 Å². The number of nitrogens with one attached hydrogen (secondary N) is 2. The molecule has 0 aliphatic heterocycles. The van der Waals surface area contributed by atoms with Crippen LogP contribution in [0.5, 0.6) is 0 Å². The molecule has 0 radical (unpaired) electrons. The van der Waals surface area contributed by atoms with Crippen molar-refractivity contribution in [2.24, 2.45) is 0 Å². The second kappa shape index (κ2) is 6.19. The topological polar surface area (TPSA) is 41.1 Å². The highest BCUT2D eigenvalue weighted by atomic mass is 35.5. The van der Waals surface area contributed by atoms with E-state index in [9.17, 15) is 4.79 Å². The van der Waals surface area contributed by atoms with Crippen molar-refractivity contribution in [1.29, 1.82) is 0 Å². The van der Waals surface area contributed by atoms with Crippen LogP contribution < -0.4 is 10.6 Å². The van der Waals surface area contributed by atoms with Crippen molar-refractivity contribution in [1.82, 2.24) is 5.32 Å². The maximum atomic E-state index is 12.0. The van der Waals surface area contributed by atoms with Gasteiger partial charge in [0, 0.05) is 17.0 Å². The van der Waals surface area contributed by atoms with Crippen molar-refractivity contribution in [3.63, 3.8) is 0 Å². The fourth-order valence-electron chi connectivity index (χ4n) is 2.52. The van der Waals surface area contributed by atoms with Gasteiger partial charge in [0.25, 0.3) is 0 Å². The average Bonchev–Trinajstić information content (AvgIpc) is 3.30. The first kappa shape index (κ1) is 15.2. The Labute approximate surface area is 139 Å². The maximum absolute atomic E-state index is 12.0. The van der Waals surface area contributed by atoms with Crippen molar-refractivity contribution in [3.8, 4) is 0 Å². The van der Waals surface area contributed by atoms with E-state index in [0.717, 1.165) is 12.8 Å². The molecule has 0 saturated heterocycles. The zero-order valence-corrected chi connectivity index (χ0v) is 13.4. The number of rotatable bonds is 4. The lowest BCUT2D eigenvalue weighted by Crippen LogP contribution is -2.35. The Hall–Kier alpha value is -1.71. The summed E-state index contributed by atoms with van der Waals surface area (Å²) in [6.45, 7) is 0.619. The fourth-order valence-corrected chi connectivity index (χ4v) is 2.97. The van der Waals surface area contributed by atoms with Crippen molar-refractivity contribution in [2.45, 2.75) is 18.3 Å². The van der Waals surface area contributed by atoms with E-state index in [4.69, 9.17) is 23.2 Å². The molecule has 2 aromatic rings. The quantitative estimate of drug-likeness (QED) is 0.824. The molecule has 0 unspecified atom stereocenters. The second-order valence-corrected chi connectivity index (χ2v) is 6.42. The lowest BCUT2D eigenvalue weighted by molar-refractivity contribution is 0.251. The largest absolute Gasteiger partial charge is 0.337 e. The second-order valence-electron chi connectivity index (χ2n) is 5.58. The summed E-state index contributed by atoms with van der Waals surface area (Å²) in [6, 6.07) is 15.0. The van der Waals surface area contributed by atoms with E-state index >= 15 is 0 Å². The SMILES string of the molecule is O=C(NCC1(c2ccccc2)CC1)Nc1ccc(Cl)cc1Cl. The van der Waals surface area contributed by atoms with Crippen LogP contribution in [0.2, 0.25) is 10.0 Å². The van der Waals surface area contributed by atoms with E-state index < -0.39 is 0 Å². The van der Waals surface area contributed by atoms with Gasteiger partial charge < -0.3 is 10.6 Å². The molecule has 0 atom stereocenters. The number of carbonyl (C=O) groups excluding carboxylic acids is 1. The van der Waals surface area contributed by atoms with Gasteiger partial charge in [0.15, 0.2) is 0 Å². The summed E-state index contributed by atoms with van der Waals surface area (Å²) in [5.74, 6) is 0. The van der Waals surface area contributed by atoms with E-state index in [1.54, 1.807) is 18.2 Å². The predicted octanol–water partition coefficient (Wildman–Crippen LogP) is 4.85. The van der Waals surface area contributed by atoms with Crippen LogP contribution >= 0.6 is 23.2 Å². The Balaban J connectivity index is 1.59. The van der Waals surface area contributed by atoms with E-state index in [1.165, 1.54) is 5.56 Å². The Kier molecular flexibility index (Phi) is 4.27. The third-order valence-electron chi connectivity index (χ3n) is 4.01. The molecule has 22 heavy (non-hydrogen) atoms. The van der Waals surface area contributed by atoms with Gasteiger partial charge in [-0.25, -0.2) is 4.79 Å². The van der Waals surface area contributed by atoms with Crippen LogP contribution in [0.1, 0.15) is 18.4 Å². The van der Waals surface area contributed by atoms with Gasteiger partial charge in [-0.3, -0.25) is 0 Å². The highest BCUT2D eigenvalue weighted by Gasteiger charge is 2.44. The normalized spacial score (nSPS) is 15.2. The lowest BCUT2D eigenvalue weighted by atomic mass is 9.96. The summed E-state index contributed by atoms with van der Waals surface area (Å²) < 4.78 is 0. The van der Waals surface area contributed by atoms with E-state index in [2.05, 4.69) is 22.8 Å². The minimum atomic E-state index is -0.258. The smallest absolute Gasteiger partial charge is 0.319 e. The minimum absolute atomic E-state index is 0.0857. The predicted molar refractivity (Wildman–Crippen MR) is 90.8 cm³/mol. The molecule has 2 aromatic carbocycles. The molecule has 0 spiro atoms. The Morgan fingerprint density at radius 2 is 1.82 bits per heavy atom. The summed E-state index contributed by atoms with van der Waals surface area (Å²) in [5.41, 5.74) is 1.91. The van der Waals surface area contributed by atoms with Crippen LogP contribution in [-0.4, -0.2) is 12.6 Å². The van der Waals surface area contributed by atoms with Gasteiger partial charge >= 0.3 is 6.03 Å². The van der Waals surface area contributed by atoms with Crippen molar-refractivity contribution in [2.75, 3.05) is 11.9 Å². The molecule has 2 amide bonds. The number of anilines is 1. The summed E-state index contributed by atoms with van der Waals surface area (Å²) in [5, 5.41) is 6.64. The fraction of sp³-hybridized carbons (Fsp3) is 0.235. The maximum Gasteiger partial charge on any atom is 0.319 e. The number of urea groups is 1. The number of amides is 2. The summed E-state index contributed by atoms with van der Waals surface area (Å²) in [4.78, 5) is 12.0. The van der Waals surface area contributed by atoms with E-state index in [0.29, 0.717) is 22.3 Å². The van der Waals surface area contributed by atoms with Crippen LogP contribution in [0.15, 0.2) is 48.5 Å². The number of carbonyl (C=O) groups is 1. The molecule has 5 heteroatoms. The minimum Gasteiger partial charge on any atom is -0.337 e. The third-order valence-corrected chi connectivity index (χ3v) is 4.55. The molecule has 0 heterocycles. The molecule has 0 bridgehead atoms. The molecule has 0 aromatic heterocycles. The number of hydrogen-bond acceptors (Lipinski definition) is 1. The molecule has 1 saturated carbocycles. The first-order valence-corrected chi connectivity index (χ1v) is 7.90. The summed E-state index contributed by atoms with van der Waals surface area (Å²) in [6.07, 6.45) is 2.19. The molecular weight excluding hydrogens is 319 g/mol. The van der Waals surface area contributed by atoms with Gasteiger partial charge in [0.1, 0.15) is 0 Å². The van der Waals surface area contributed by atoms with Crippen molar-refractivity contribution < 1.29 is 4.79 Å². The van der Waals surface area contributed by atoms with Crippen LogP contribution in [0, 0.1) is 0 Å². The number of halogens is 2. The van der Waals surface area contributed by atoms with Crippen LogP contribution in [-0.2, 0) is 5.41 Å². The highest BCUT2D eigenvalue weighted by molar-refractivity contribution is 6.36. The standard InChI is InChI=1S/C17H16Cl2N2O/c18-13-6-7-15(14(19)10-13)21-16(22)20-11-17(8-9-17)12-4-2-1-3-5-12/h1-7,10H,8-9,11H2,(H2,20,21,22). The Morgan fingerprint density at radius 1 is 1.09 bits per heavy atom. The van der Waals surface area contributed by atoms with Gasteiger partial charge in [-0.2, -0.15) is 0 Å². The molecule has 3 rings (SSSR count). The first-order valence-electron chi connectivity index (χ1n) is 7.15. The van der Waals surface area contributed by atoms with Crippen molar-refractivity contribution >= 4 is 34.9 Å². The van der Waals surface area contributed by atoms with Crippen LogP contribution in [0.25, 0.3) is 0 Å². The Bertz CT molecular complexity index is 684. The average molecular weight is 335 g/mol. The zero-order chi connectivity index (χ0) is 15.6.